The third kappa shape index (κ3) is 90.7. The minimum atomic E-state index is -1.15. The number of aromatic nitrogens is 8. The van der Waals surface area contributed by atoms with Gasteiger partial charge in [0.1, 0.15) is 30.5 Å². The molecule has 0 saturated heterocycles. The highest BCUT2D eigenvalue weighted by Gasteiger charge is 2.22. The maximum atomic E-state index is 11.8. The molecule has 0 saturated carbocycles. The lowest BCUT2D eigenvalue weighted by atomic mass is 10.1. The number of rotatable bonds is 6. The van der Waals surface area contributed by atoms with Crippen molar-refractivity contribution in [1.82, 2.24) is 76.3 Å². The van der Waals surface area contributed by atoms with Crippen LogP contribution in [0.5, 0.6) is 0 Å². The summed E-state index contributed by atoms with van der Waals surface area (Å²) >= 11 is 0. The largest absolute Gasteiger partial charge is 0.481 e. The molecule has 612 valence electrons. The second-order valence-corrected chi connectivity index (χ2v) is 15.0. The number of imidazole rings is 4. The van der Waals surface area contributed by atoms with E-state index in [1.54, 1.807) is 0 Å². The Balaban J connectivity index is -0.0000000213. The van der Waals surface area contributed by atoms with Crippen molar-refractivity contribution < 1.29 is 53.1 Å². The van der Waals surface area contributed by atoms with Crippen molar-refractivity contribution in [2.75, 3.05) is 51.1 Å². The maximum absolute atomic E-state index is 11.8. The molecule has 54 heteroatoms. The van der Waals surface area contributed by atoms with Crippen molar-refractivity contribution in [3.05, 3.63) is 36.7 Å². The molecule has 4 rings (SSSR count). The SMILES string of the molecule is C.C.C.C.C.C.C.C.CC(=O)O.CC(C)(C)NC(=O)c1[nH]cnc1N.CNC(=O)N=CNC(=O)NC.CNC(=O)n1cnc(C(=O)NC(C)(C)C)c1N.CNC(=O)n1cnc(N=C=O)c1N.Cl.Cl.Cl.Cl.Cl.Cl.Cl.Cl.Cl.Cl.Cl.Cl.Cl.Cl.Cl.Cl.Cl.Cl.N#CC(N)C(N)=O.Nc1nc[nH]c1N=C=O. The summed E-state index contributed by atoms with van der Waals surface area (Å²) in [4.78, 5) is 135. The molecule has 22 N–H and O–H groups in total. The normalized spacial score (nSPS) is 7.39. The van der Waals surface area contributed by atoms with E-state index in [2.05, 4.69) is 87.8 Å². The number of anilines is 4. The molecule has 100 heavy (non-hydrogen) atoms. The Bertz CT molecular complexity index is 2720. The van der Waals surface area contributed by atoms with Crippen LogP contribution in [0.15, 0.2) is 40.3 Å². The van der Waals surface area contributed by atoms with Crippen LogP contribution in [0.3, 0.4) is 0 Å². The predicted molar refractivity (Wildman–Crippen MR) is 450 cm³/mol. The number of nitrogens with one attached hydrogen (secondary N) is 9. The van der Waals surface area contributed by atoms with E-state index in [-0.39, 0.29) is 340 Å². The van der Waals surface area contributed by atoms with Gasteiger partial charge in [0.25, 0.3) is 17.8 Å². The van der Waals surface area contributed by atoms with Crippen LogP contribution in [-0.4, -0.2) is 156 Å². The smallest absolute Gasteiger partial charge is 0.342 e. The van der Waals surface area contributed by atoms with Crippen molar-refractivity contribution in [2.45, 2.75) is 125 Å². The number of nitrogens with two attached hydrogens (primary N) is 6. The number of carbonyl (C=O) groups is 8. The fourth-order valence-electron chi connectivity index (χ4n) is 3.65. The average molecular weight is 1830 g/mol. The number of H-pyrrole nitrogens is 2. The highest BCUT2D eigenvalue weighted by molar-refractivity contribution is 5.99. The minimum Gasteiger partial charge on any atom is -0.481 e. The zero-order chi connectivity index (χ0) is 57.9. The van der Waals surface area contributed by atoms with E-state index in [9.17, 15) is 43.2 Å². The number of hydrogen-bond donors (Lipinski definition) is 16. The van der Waals surface area contributed by atoms with Gasteiger partial charge < -0.3 is 81.4 Å². The van der Waals surface area contributed by atoms with Crippen molar-refractivity contribution in [2.24, 2.45) is 26.4 Å². The molecular formula is C46H111Cl18N25O11. The summed E-state index contributed by atoms with van der Waals surface area (Å²) in [6.07, 6.45) is 8.76. The number of primary amides is 1. The van der Waals surface area contributed by atoms with Gasteiger partial charge in [0.2, 0.25) is 23.9 Å². The summed E-state index contributed by atoms with van der Waals surface area (Å²) in [5, 5.41) is 32.2. The Labute approximate surface area is 698 Å². The Morgan fingerprint density at radius 3 is 1.19 bits per heavy atom. The Hall–Kier alpha value is -5.30. The molecule has 0 fully saturated rings. The summed E-state index contributed by atoms with van der Waals surface area (Å²) in [5.74, 6) is -1.57. The second kappa shape index (κ2) is 105. The molecule has 0 aliphatic carbocycles. The molecule has 0 aliphatic heterocycles. The van der Waals surface area contributed by atoms with E-state index in [1.165, 1.54) is 71.7 Å². The highest BCUT2D eigenvalue weighted by Crippen LogP contribution is 2.18. The quantitative estimate of drug-likeness (QED) is 0.0484. The van der Waals surface area contributed by atoms with E-state index in [0.29, 0.717) is 5.69 Å². The van der Waals surface area contributed by atoms with Gasteiger partial charge in [-0.05, 0) is 41.5 Å². The Morgan fingerprint density at radius 2 is 0.910 bits per heavy atom. The Kier molecular flexibility index (Phi) is 202. The topological polar surface area (TPSA) is 585 Å². The lowest BCUT2D eigenvalue weighted by Gasteiger charge is -2.19. The number of nitrogen functional groups attached to an aromatic ring is 4. The van der Waals surface area contributed by atoms with Crippen LogP contribution in [0.4, 0.5) is 54.1 Å². The summed E-state index contributed by atoms with van der Waals surface area (Å²) in [6, 6.07) is -1.50. The van der Waals surface area contributed by atoms with E-state index in [0.717, 1.165) is 22.4 Å². The van der Waals surface area contributed by atoms with Gasteiger partial charge in [-0.3, -0.25) is 24.5 Å². The lowest BCUT2D eigenvalue weighted by molar-refractivity contribution is -0.134. The number of carbonyl (C=O) groups excluding carboxylic acids is 9. The minimum absolute atomic E-state index is 0. The standard InChI is InChI=1S/C10H17N5O2.C8H14N4O.C6H7N5O2.C5H10N4O2.C4H4N4O.C3H5N3O.C2H4O2.8CH4.18ClH/c1-10(2,3)14-8(16)6-7(11)15(5-13-6)9(17)12-4;1-8(2,3)12-7(13)5-6(9)11-4-10-5;1-8-6(13)11-2-9-5(4(11)7)10-3-12;1-6-4(10)8-3-9-5(11)7-2;5-3-4(8-2-9)7-1-6-3;4-1-2(5)3(6)7;1-2(3)4;;;;;;;;;;;;;;;;;;;;;;;;;;/h5H,11H2,1-4H3,(H,12,17)(H,14,16);4H,9H2,1-3H3,(H,10,11)(H,12,13);2H,7H2,1H3,(H,8,13);3H,1-2H3,(H3,6,7,8,9,10,11);1H,5H2,(H,6,7);2H,5H2,(H2,6,7);1H3,(H,3,4);8*1H4;18*1H. The number of amides is 9. The fraction of sp³-hybridized carbons (Fsp3) is 0.478. The zero-order valence-corrected chi connectivity index (χ0v) is 64.0. The number of urea groups is 2. The fourth-order valence-corrected chi connectivity index (χ4v) is 3.65. The second-order valence-electron chi connectivity index (χ2n) is 15.0. The number of isocyanates is 2. The molecule has 0 bridgehead atoms. The van der Waals surface area contributed by atoms with Gasteiger partial charge in [0.15, 0.2) is 35.0 Å². The zero-order valence-electron chi connectivity index (χ0n) is 49.3. The number of carboxylic acid groups (broad SMARTS) is 1. The first-order valence-corrected chi connectivity index (χ1v) is 20.2. The lowest BCUT2D eigenvalue weighted by Crippen LogP contribution is -2.41. The molecule has 4 aromatic heterocycles. The first kappa shape index (κ1) is 193. The molecular weight excluding hydrogens is 1720 g/mol. The molecule has 36 nitrogen and oxygen atoms in total. The van der Waals surface area contributed by atoms with Crippen LogP contribution < -0.4 is 71.6 Å². The molecule has 4 aromatic rings. The third-order valence-corrected chi connectivity index (χ3v) is 6.76. The first-order chi connectivity index (χ1) is 34.3. The van der Waals surface area contributed by atoms with Crippen LogP contribution >= 0.6 is 223 Å². The van der Waals surface area contributed by atoms with Crippen molar-refractivity contribution in [3.8, 4) is 6.07 Å². The number of nitrogens with zero attached hydrogens (tertiary/aromatic N) is 10. The average Bonchev–Trinajstić information content (AvgIpc) is 4.23. The monoisotopic (exact) mass is 1820 g/mol. The summed E-state index contributed by atoms with van der Waals surface area (Å²) in [7, 11) is 5.82. The van der Waals surface area contributed by atoms with Gasteiger partial charge in [-0.2, -0.15) is 10.3 Å². The van der Waals surface area contributed by atoms with Crippen LogP contribution in [0.1, 0.15) is 129 Å². The number of aliphatic carboxylic acids is 1. The van der Waals surface area contributed by atoms with Crippen LogP contribution in [0.2, 0.25) is 0 Å². The number of carboxylic acids is 1. The van der Waals surface area contributed by atoms with Crippen molar-refractivity contribution in [3.63, 3.8) is 0 Å². The van der Waals surface area contributed by atoms with Gasteiger partial charge in [0, 0.05) is 46.2 Å². The number of halogens is 18. The number of aromatic amines is 2. The van der Waals surface area contributed by atoms with Gasteiger partial charge in [-0.1, -0.05) is 59.4 Å². The van der Waals surface area contributed by atoms with E-state index in [1.807, 2.05) is 41.5 Å². The summed E-state index contributed by atoms with van der Waals surface area (Å²) in [6.45, 7) is 12.3. The third-order valence-electron chi connectivity index (χ3n) is 6.76. The molecule has 4 heterocycles. The van der Waals surface area contributed by atoms with E-state index in [4.69, 9.17) is 43.8 Å². The van der Waals surface area contributed by atoms with Crippen LogP contribution in [-0.2, 0) is 19.2 Å². The molecule has 9 amide bonds. The predicted octanol–water partition coefficient (Wildman–Crippen LogP) is 10.7. The number of aliphatic imine (C=N–C) groups is 3. The van der Waals surface area contributed by atoms with Gasteiger partial charge in [-0.25, -0.2) is 57.8 Å². The molecule has 0 aliphatic rings. The van der Waals surface area contributed by atoms with Crippen molar-refractivity contribution in [1.29, 1.82) is 5.26 Å². The molecule has 0 spiro atoms. The van der Waals surface area contributed by atoms with E-state index < -0.39 is 47.9 Å². The molecule has 1 atom stereocenters. The number of hydrogen-bond acceptors (Lipinski definition) is 22. The Morgan fingerprint density at radius 1 is 0.560 bits per heavy atom. The maximum Gasteiger partial charge on any atom is 0.342 e. The summed E-state index contributed by atoms with van der Waals surface area (Å²) < 4.78 is 2.12. The first-order valence-electron chi connectivity index (χ1n) is 20.2. The van der Waals surface area contributed by atoms with Crippen LogP contribution in [0, 0.1) is 11.3 Å². The number of nitriles is 1. The van der Waals surface area contributed by atoms with Crippen molar-refractivity contribution >= 4 is 325 Å². The van der Waals surface area contributed by atoms with Gasteiger partial charge >= 0.3 is 24.1 Å². The molecule has 0 aromatic carbocycles. The van der Waals surface area contributed by atoms with Gasteiger partial charge in [0.05, 0.1) is 18.7 Å². The molecule has 1 unspecified atom stereocenters. The van der Waals surface area contributed by atoms with Crippen LogP contribution in [0.25, 0.3) is 0 Å². The highest BCUT2D eigenvalue weighted by atomic mass is 35.5. The molecule has 0 radical (unpaired) electrons. The van der Waals surface area contributed by atoms with Gasteiger partial charge in [-0.15, -0.1) is 233 Å². The van der Waals surface area contributed by atoms with E-state index >= 15 is 0 Å². The summed E-state index contributed by atoms with van der Waals surface area (Å²) in [5.41, 5.74) is 30.8.